The van der Waals surface area contributed by atoms with Gasteiger partial charge in [0.2, 0.25) is 11.6 Å². The maximum atomic E-state index is 13.2. The van der Waals surface area contributed by atoms with E-state index < -0.39 is 29.0 Å². The van der Waals surface area contributed by atoms with Gasteiger partial charge in [0.1, 0.15) is 17.1 Å². The molecule has 3 rings (SSSR count). The fourth-order valence-corrected chi connectivity index (χ4v) is 2.85. The van der Waals surface area contributed by atoms with E-state index >= 15 is 0 Å². The largest absolute Gasteiger partial charge is 0.418 e. The van der Waals surface area contributed by atoms with E-state index in [4.69, 9.17) is 11.6 Å². The molecule has 0 radical (unpaired) electrons. The van der Waals surface area contributed by atoms with Gasteiger partial charge in [0.15, 0.2) is 0 Å². The van der Waals surface area contributed by atoms with Gasteiger partial charge in [0, 0.05) is 17.4 Å². The van der Waals surface area contributed by atoms with Gasteiger partial charge in [0.05, 0.1) is 15.7 Å². The number of nitrogens with zero attached hydrogens (tertiary/aromatic N) is 2. The van der Waals surface area contributed by atoms with E-state index in [-0.39, 0.29) is 26.6 Å². The van der Waals surface area contributed by atoms with E-state index in [0.717, 1.165) is 12.1 Å². The van der Waals surface area contributed by atoms with Crippen LogP contribution in [0.15, 0.2) is 40.8 Å². The zero-order chi connectivity index (χ0) is 18.4. The van der Waals surface area contributed by atoms with Gasteiger partial charge in [-0.3, -0.25) is 9.59 Å². The molecule has 0 unspecified atom stereocenters. The number of benzene rings is 1. The molecule has 0 atom stereocenters. The minimum absolute atomic E-state index is 0.117. The quantitative estimate of drug-likeness (QED) is 0.768. The third kappa shape index (κ3) is 3.16. The normalized spacial score (nSPS) is 14.6. The Bertz CT molecular complexity index is 944. The first-order valence-electron chi connectivity index (χ1n) is 6.64. The Labute approximate surface area is 152 Å². The molecule has 1 aliphatic rings. The summed E-state index contributed by atoms with van der Waals surface area (Å²) in [7, 11) is 0. The lowest BCUT2D eigenvalue weighted by Crippen LogP contribution is -2.27. The van der Waals surface area contributed by atoms with Crippen LogP contribution in [0.1, 0.15) is 26.5 Å². The van der Waals surface area contributed by atoms with Crippen LogP contribution in [0.5, 0.6) is 0 Å². The van der Waals surface area contributed by atoms with Crippen molar-refractivity contribution in [2.75, 3.05) is 5.32 Å². The standard InChI is InChI=1S/C15H6BrClF3N3O2/c16-9-10(14(25)12-11(13(9)24)21-3-4-22-12)23-8-2-1-6(17)5-7(8)15(18,19)20/h1-5,23H. The molecule has 0 fully saturated rings. The number of ketones is 2. The van der Waals surface area contributed by atoms with Gasteiger partial charge in [-0.25, -0.2) is 9.97 Å². The van der Waals surface area contributed by atoms with Crippen molar-refractivity contribution in [2.45, 2.75) is 6.18 Å². The maximum absolute atomic E-state index is 13.2. The fourth-order valence-electron chi connectivity index (χ4n) is 2.21. The van der Waals surface area contributed by atoms with Gasteiger partial charge in [-0.05, 0) is 34.1 Å². The maximum Gasteiger partial charge on any atom is 0.418 e. The fraction of sp³-hybridized carbons (Fsp3) is 0.0667. The molecule has 10 heteroatoms. The summed E-state index contributed by atoms with van der Waals surface area (Å²) in [6.45, 7) is 0. The van der Waals surface area contributed by atoms with Crippen LogP contribution in [0, 0.1) is 0 Å². The smallest absolute Gasteiger partial charge is 0.351 e. The first-order valence-corrected chi connectivity index (χ1v) is 7.81. The Hall–Kier alpha value is -2.26. The second-order valence-electron chi connectivity index (χ2n) is 4.91. The lowest BCUT2D eigenvalue weighted by molar-refractivity contribution is -0.136. The number of Topliss-reactive ketones (excluding diaryl/α,β-unsaturated/α-hetero) is 2. The second kappa shape index (κ2) is 6.23. The summed E-state index contributed by atoms with van der Waals surface area (Å²) < 4.78 is 39.3. The number of aromatic nitrogens is 2. The number of halogens is 5. The van der Waals surface area contributed by atoms with Gasteiger partial charge < -0.3 is 5.32 Å². The number of alkyl halides is 3. The van der Waals surface area contributed by atoms with Gasteiger partial charge in [-0.1, -0.05) is 11.6 Å². The molecule has 1 heterocycles. The number of anilines is 1. The van der Waals surface area contributed by atoms with Crippen molar-refractivity contribution in [3.63, 3.8) is 0 Å². The van der Waals surface area contributed by atoms with Gasteiger partial charge in [-0.2, -0.15) is 13.2 Å². The summed E-state index contributed by atoms with van der Waals surface area (Å²) in [5.41, 5.74) is -2.25. The zero-order valence-corrected chi connectivity index (χ0v) is 14.3. The number of hydrogen-bond acceptors (Lipinski definition) is 5. The third-order valence-electron chi connectivity index (χ3n) is 3.32. The average molecular weight is 433 g/mol. The predicted octanol–water partition coefficient (Wildman–Crippen LogP) is 4.25. The van der Waals surface area contributed by atoms with E-state index in [1.165, 1.54) is 18.5 Å². The highest BCUT2D eigenvalue weighted by Gasteiger charge is 2.37. The van der Waals surface area contributed by atoms with Crippen molar-refractivity contribution in [3.8, 4) is 0 Å². The molecular formula is C15H6BrClF3N3O2. The van der Waals surface area contributed by atoms with Crippen molar-refractivity contribution in [3.05, 3.63) is 62.7 Å². The van der Waals surface area contributed by atoms with E-state index in [1.807, 2.05) is 0 Å². The first-order chi connectivity index (χ1) is 11.7. The minimum atomic E-state index is -4.71. The topological polar surface area (TPSA) is 72.0 Å². The Morgan fingerprint density at radius 2 is 1.64 bits per heavy atom. The van der Waals surface area contributed by atoms with Crippen LogP contribution < -0.4 is 5.32 Å². The zero-order valence-electron chi connectivity index (χ0n) is 12.0. The molecule has 0 aliphatic heterocycles. The van der Waals surface area contributed by atoms with E-state index in [2.05, 4.69) is 31.2 Å². The Kier molecular flexibility index (Phi) is 4.38. The highest BCUT2D eigenvalue weighted by molar-refractivity contribution is 9.12. The average Bonchev–Trinajstić information content (AvgIpc) is 2.57. The lowest BCUT2D eigenvalue weighted by Gasteiger charge is -2.20. The molecular weight excluding hydrogens is 427 g/mol. The highest BCUT2D eigenvalue weighted by atomic mass is 79.9. The van der Waals surface area contributed by atoms with Crippen LogP contribution in [-0.4, -0.2) is 21.5 Å². The summed E-state index contributed by atoms with van der Waals surface area (Å²) in [5.74, 6) is -1.41. The molecule has 25 heavy (non-hydrogen) atoms. The van der Waals surface area contributed by atoms with Gasteiger partial charge >= 0.3 is 6.18 Å². The molecule has 0 amide bonds. The molecule has 0 bridgehead atoms. The summed E-state index contributed by atoms with van der Waals surface area (Å²) in [5, 5.41) is 2.25. The molecule has 1 aromatic heterocycles. The molecule has 2 aromatic rings. The Balaban J connectivity index is 2.09. The molecule has 0 saturated carbocycles. The highest BCUT2D eigenvalue weighted by Crippen LogP contribution is 2.38. The van der Waals surface area contributed by atoms with E-state index in [0.29, 0.717) is 0 Å². The van der Waals surface area contributed by atoms with E-state index in [9.17, 15) is 22.8 Å². The van der Waals surface area contributed by atoms with Crippen molar-refractivity contribution >= 4 is 44.8 Å². The van der Waals surface area contributed by atoms with Gasteiger partial charge in [-0.15, -0.1) is 0 Å². The van der Waals surface area contributed by atoms with E-state index in [1.54, 1.807) is 0 Å². The molecule has 0 saturated heterocycles. The summed E-state index contributed by atoms with van der Waals surface area (Å²) >= 11 is 8.57. The molecule has 5 nitrogen and oxygen atoms in total. The monoisotopic (exact) mass is 431 g/mol. The summed E-state index contributed by atoms with van der Waals surface area (Å²) in [6.07, 6.45) is -2.26. The van der Waals surface area contributed by atoms with Crippen LogP contribution in [0.4, 0.5) is 18.9 Å². The summed E-state index contributed by atoms with van der Waals surface area (Å²) in [6, 6.07) is 3.03. The van der Waals surface area contributed by atoms with Crippen molar-refractivity contribution in [1.29, 1.82) is 0 Å². The number of allylic oxidation sites excluding steroid dienone is 2. The number of hydrogen-bond donors (Lipinski definition) is 1. The SMILES string of the molecule is O=C1C(Br)=C(Nc2ccc(Cl)cc2C(F)(F)F)C(=O)c2nccnc21. The van der Waals surface area contributed by atoms with Crippen LogP contribution in [0.2, 0.25) is 5.02 Å². The molecule has 1 aliphatic carbocycles. The van der Waals surface area contributed by atoms with Crippen LogP contribution in [-0.2, 0) is 6.18 Å². The lowest BCUT2D eigenvalue weighted by atomic mass is 10.0. The van der Waals surface area contributed by atoms with Crippen molar-refractivity contribution < 1.29 is 22.8 Å². The van der Waals surface area contributed by atoms with Crippen molar-refractivity contribution in [1.82, 2.24) is 9.97 Å². The molecule has 128 valence electrons. The molecule has 1 aromatic carbocycles. The van der Waals surface area contributed by atoms with Crippen LogP contribution in [0.3, 0.4) is 0 Å². The third-order valence-corrected chi connectivity index (χ3v) is 4.31. The number of nitrogens with one attached hydrogen (secondary N) is 1. The number of carbonyl (C=O) groups is 2. The number of fused-ring (bicyclic) bond motifs is 1. The van der Waals surface area contributed by atoms with Crippen LogP contribution >= 0.6 is 27.5 Å². The minimum Gasteiger partial charge on any atom is -0.351 e. The van der Waals surface area contributed by atoms with Crippen LogP contribution in [0.25, 0.3) is 0 Å². The predicted molar refractivity (Wildman–Crippen MR) is 86.7 cm³/mol. The van der Waals surface area contributed by atoms with Crippen molar-refractivity contribution in [2.24, 2.45) is 0 Å². The number of carbonyl (C=O) groups excluding carboxylic acids is 2. The Morgan fingerprint density at radius 3 is 2.24 bits per heavy atom. The number of rotatable bonds is 2. The van der Waals surface area contributed by atoms with Gasteiger partial charge in [0.25, 0.3) is 0 Å². The second-order valence-corrected chi connectivity index (χ2v) is 6.14. The Morgan fingerprint density at radius 1 is 1.04 bits per heavy atom. The molecule has 1 N–H and O–H groups in total. The summed E-state index contributed by atoms with van der Waals surface area (Å²) in [4.78, 5) is 32.3. The first kappa shape index (κ1) is 17.6. The molecule has 0 spiro atoms.